The summed E-state index contributed by atoms with van der Waals surface area (Å²) in [5, 5.41) is 2.99. The van der Waals surface area contributed by atoms with Crippen LogP contribution in [0.2, 0.25) is 0 Å². The lowest BCUT2D eigenvalue weighted by molar-refractivity contribution is -0.117. The highest BCUT2D eigenvalue weighted by molar-refractivity contribution is 5.99. The van der Waals surface area contributed by atoms with Crippen LogP contribution in [0.15, 0.2) is 48.5 Å². The van der Waals surface area contributed by atoms with Gasteiger partial charge < -0.3 is 20.0 Å². The molecule has 1 N–H and O–H groups in total. The van der Waals surface area contributed by atoms with E-state index >= 15 is 0 Å². The predicted molar refractivity (Wildman–Crippen MR) is 115 cm³/mol. The van der Waals surface area contributed by atoms with Crippen molar-refractivity contribution in [2.24, 2.45) is 0 Å². The SMILES string of the molecule is CN1CCN(c2ccc(CNC(=O)c3cccc(N4CCCC4=O)c3)cc2)CC1. The van der Waals surface area contributed by atoms with Gasteiger partial charge in [-0.3, -0.25) is 9.59 Å². The molecule has 0 saturated carbocycles. The van der Waals surface area contributed by atoms with Crippen LogP contribution >= 0.6 is 0 Å². The molecule has 0 atom stereocenters. The van der Waals surface area contributed by atoms with Gasteiger partial charge >= 0.3 is 0 Å². The molecule has 6 nitrogen and oxygen atoms in total. The zero-order valence-corrected chi connectivity index (χ0v) is 16.9. The van der Waals surface area contributed by atoms with Gasteiger partial charge in [0.25, 0.3) is 5.91 Å². The average Bonchev–Trinajstić information content (AvgIpc) is 3.19. The Morgan fingerprint density at radius 2 is 1.72 bits per heavy atom. The summed E-state index contributed by atoms with van der Waals surface area (Å²) >= 11 is 0. The van der Waals surface area contributed by atoms with Crippen LogP contribution < -0.4 is 15.1 Å². The number of amides is 2. The number of piperazine rings is 1. The van der Waals surface area contributed by atoms with Crippen LogP contribution in [0.25, 0.3) is 0 Å². The third-order valence-electron chi connectivity index (χ3n) is 5.75. The summed E-state index contributed by atoms with van der Waals surface area (Å²) in [6.07, 6.45) is 1.46. The number of anilines is 2. The smallest absolute Gasteiger partial charge is 0.251 e. The first-order valence-corrected chi connectivity index (χ1v) is 10.3. The quantitative estimate of drug-likeness (QED) is 0.850. The van der Waals surface area contributed by atoms with E-state index in [1.54, 1.807) is 17.0 Å². The lowest BCUT2D eigenvalue weighted by atomic mass is 10.1. The van der Waals surface area contributed by atoms with E-state index in [9.17, 15) is 9.59 Å². The largest absolute Gasteiger partial charge is 0.369 e. The van der Waals surface area contributed by atoms with Gasteiger partial charge in [-0.25, -0.2) is 0 Å². The third-order valence-corrected chi connectivity index (χ3v) is 5.75. The summed E-state index contributed by atoms with van der Waals surface area (Å²) in [5.41, 5.74) is 3.69. The molecule has 2 saturated heterocycles. The molecule has 0 bridgehead atoms. The highest BCUT2D eigenvalue weighted by Crippen LogP contribution is 2.22. The van der Waals surface area contributed by atoms with Crippen LogP contribution in [-0.4, -0.2) is 56.5 Å². The maximum atomic E-state index is 12.6. The van der Waals surface area contributed by atoms with Gasteiger partial charge in [0.05, 0.1) is 0 Å². The molecular formula is C23H28N4O2. The Hall–Kier alpha value is -2.86. The number of nitrogens with zero attached hydrogens (tertiary/aromatic N) is 3. The first-order chi connectivity index (χ1) is 14.1. The van der Waals surface area contributed by atoms with Gasteiger partial charge in [-0.2, -0.15) is 0 Å². The minimum atomic E-state index is -0.123. The summed E-state index contributed by atoms with van der Waals surface area (Å²) in [7, 11) is 2.15. The van der Waals surface area contributed by atoms with Gasteiger partial charge in [0.1, 0.15) is 0 Å². The van der Waals surface area contributed by atoms with Crippen molar-refractivity contribution in [3.63, 3.8) is 0 Å². The standard InChI is InChI=1S/C23H28N4O2/c1-25-12-14-26(15-13-25)20-9-7-18(8-10-20)17-24-23(29)19-4-2-5-21(16-19)27-11-3-6-22(27)28/h2,4-5,7-10,16H,3,6,11-15,17H2,1H3,(H,24,29). The molecule has 0 radical (unpaired) electrons. The molecular weight excluding hydrogens is 364 g/mol. The number of benzene rings is 2. The van der Waals surface area contributed by atoms with Gasteiger partial charge in [0, 0.05) is 62.6 Å². The van der Waals surface area contributed by atoms with E-state index in [1.807, 2.05) is 12.1 Å². The number of nitrogens with one attached hydrogen (secondary N) is 1. The van der Waals surface area contributed by atoms with Crippen molar-refractivity contribution in [1.29, 1.82) is 0 Å². The van der Waals surface area contributed by atoms with Gasteiger partial charge in [-0.15, -0.1) is 0 Å². The fourth-order valence-corrected chi connectivity index (χ4v) is 3.91. The second-order valence-electron chi connectivity index (χ2n) is 7.84. The molecule has 4 rings (SSSR count). The van der Waals surface area contributed by atoms with E-state index in [0.717, 1.165) is 50.4 Å². The van der Waals surface area contributed by atoms with Crippen LogP contribution in [0.3, 0.4) is 0 Å². The molecule has 2 aliphatic rings. The average molecular weight is 393 g/mol. The molecule has 0 aliphatic carbocycles. The van der Waals surface area contributed by atoms with Crippen molar-refractivity contribution in [2.75, 3.05) is 49.6 Å². The molecule has 2 aliphatic heterocycles. The maximum absolute atomic E-state index is 12.6. The molecule has 2 aromatic carbocycles. The third kappa shape index (κ3) is 4.59. The van der Waals surface area contributed by atoms with Crippen molar-refractivity contribution in [1.82, 2.24) is 10.2 Å². The highest BCUT2D eigenvalue weighted by atomic mass is 16.2. The molecule has 2 fully saturated rings. The normalized spacial score (nSPS) is 17.6. The Morgan fingerprint density at radius 3 is 2.41 bits per heavy atom. The van der Waals surface area contributed by atoms with Gasteiger partial charge in [0.2, 0.25) is 5.91 Å². The second kappa shape index (κ2) is 8.66. The van der Waals surface area contributed by atoms with E-state index in [4.69, 9.17) is 0 Å². The Bertz CT molecular complexity index is 873. The molecule has 29 heavy (non-hydrogen) atoms. The zero-order valence-electron chi connectivity index (χ0n) is 16.9. The van der Waals surface area contributed by atoms with Crippen molar-refractivity contribution < 1.29 is 9.59 Å². The number of rotatable bonds is 5. The van der Waals surface area contributed by atoms with E-state index in [2.05, 4.69) is 46.4 Å². The predicted octanol–water partition coefficient (Wildman–Crippen LogP) is 2.50. The fraction of sp³-hybridized carbons (Fsp3) is 0.391. The Balaban J connectivity index is 1.34. The number of hydrogen-bond donors (Lipinski definition) is 1. The van der Waals surface area contributed by atoms with Crippen LogP contribution in [0, 0.1) is 0 Å². The number of carbonyl (C=O) groups excluding carboxylic acids is 2. The fourth-order valence-electron chi connectivity index (χ4n) is 3.91. The lowest BCUT2D eigenvalue weighted by Crippen LogP contribution is -2.44. The number of carbonyl (C=O) groups is 2. The monoisotopic (exact) mass is 392 g/mol. The molecule has 0 spiro atoms. The number of likely N-dealkylation sites (N-methyl/N-ethyl adjacent to an activating group) is 1. The highest BCUT2D eigenvalue weighted by Gasteiger charge is 2.22. The van der Waals surface area contributed by atoms with Crippen LogP contribution in [0.5, 0.6) is 0 Å². The zero-order chi connectivity index (χ0) is 20.2. The summed E-state index contributed by atoms with van der Waals surface area (Å²) in [6.45, 7) is 5.46. The van der Waals surface area contributed by atoms with Crippen molar-refractivity contribution >= 4 is 23.2 Å². The molecule has 152 valence electrons. The van der Waals surface area contributed by atoms with Crippen LogP contribution in [-0.2, 0) is 11.3 Å². The Kier molecular flexibility index (Phi) is 5.81. The molecule has 2 aromatic rings. The van der Waals surface area contributed by atoms with Gasteiger partial charge in [-0.1, -0.05) is 18.2 Å². The molecule has 6 heteroatoms. The summed E-state index contributed by atoms with van der Waals surface area (Å²) in [5.74, 6) is 0.00429. The van der Waals surface area contributed by atoms with E-state index in [1.165, 1.54) is 5.69 Å². The van der Waals surface area contributed by atoms with Crippen molar-refractivity contribution in [2.45, 2.75) is 19.4 Å². The summed E-state index contributed by atoms with van der Waals surface area (Å²) in [6, 6.07) is 15.7. The summed E-state index contributed by atoms with van der Waals surface area (Å²) in [4.78, 5) is 31.0. The first-order valence-electron chi connectivity index (χ1n) is 10.3. The van der Waals surface area contributed by atoms with Gasteiger partial charge in [-0.05, 0) is 49.4 Å². The van der Waals surface area contributed by atoms with E-state index in [0.29, 0.717) is 18.5 Å². The Morgan fingerprint density at radius 1 is 0.966 bits per heavy atom. The maximum Gasteiger partial charge on any atom is 0.251 e. The molecule has 0 unspecified atom stereocenters. The van der Waals surface area contributed by atoms with Crippen LogP contribution in [0.4, 0.5) is 11.4 Å². The van der Waals surface area contributed by atoms with Gasteiger partial charge in [0.15, 0.2) is 0 Å². The van der Waals surface area contributed by atoms with Crippen molar-refractivity contribution in [3.05, 3.63) is 59.7 Å². The topological polar surface area (TPSA) is 55.9 Å². The molecule has 2 heterocycles. The molecule has 2 amide bonds. The van der Waals surface area contributed by atoms with E-state index < -0.39 is 0 Å². The van der Waals surface area contributed by atoms with Crippen LogP contribution in [0.1, 0.15) is 28.8 Å². The molecule has 0 aromatic heterocycles. The summed E-state index contributed by atoms with van der Waals surface area (Å²) < 4.78 is 0. The first kappa shape index (κ1) is 19.5. The van der Waals surface area contributed by atoms with E-state index in [-0.39, 0.29) is 11.8 Å². The lowest BCUT2D eigenvalue weighted by Gasteiger charge is -2.34. The minimum Gasteiger partial charge on any atom is -0.369 e. The minimum absolute atomic E-state index is 0.123. The second-order valence-corrected chi connectivity index (χ2v) is 7.84. The number of hydrogen-bond acceptors (Lipinski definition) is 4. The Labute approximate surface area is 172 Å². The van der Waals surface area contributed by atoms with Crippen molar-refractivity contribution in [3.8, 4) is 0 Å².